The highest BCUT2D eigenvalue weighted by Gasteiger charge is 2.21. The first-order valence-corrected chi connectivity index (χ1v) is 9.00. The Hall–Kier alpha value is -0.590. The molecule has 0 bridgehead atoms. The molecular weight excluding hydrogens is 294 g/mol. The van der Waals surface area contributed by atoms with Crippen molar-refractivity contribution in [2.24, 2.45) is 0 Å². The molecule has 2 rings (SSSR count). The van der Waals surface area contributed by atoms with Crippen molar-refractivity contribution in [2.75, 3.05) is 13.1 Å². The van der Waals surface area contributed by atoms with Crippen molar-refractivity contribution in [3.05, 3.63) is 16.3 Å². The molecular formula is C11H14ClNO3S2. The first-order valence-electron chi connectivity index (χ1n) is 5.81. The van der Waals surface area contributed by atoms with Crippen molar-refractivity contribution in [1.29, 1.82) is 0 Å². The lowest BCUT2D eigenvalue weighted by molar-refractivity contribution is 0.0766. The number of carbonyl (C=O) groups is 1. The molecule has 0 aromatic carbocycles. The molecule has 1 fully saturated rings. The number of nitrogens with zero attached hydrogens (tertiary/aromatic N) is 1. The highest BCUT2D eigenvalue weighted by Crippen LogP contribution is 2.24. The average Bonchev–Trinajstić information content (AvgIpc) is 2.65. The summed E-state index contributed by atoms with van der Waals surface area (Å²) < 4.78 is 22.3. The zero-order chi connectivity index (χ0) is 13.2. The van der Waals surface area contributed by atoms with Gasteiger partial charge >= 0.3 is 0 Å². The molecule has 1 saturated heterocycles. The SMILES string of the molecule is O=C(c1cc(S(=O)(=O)Cl)cs1)N1CCCCCC1. The van der Waals surface area contributed by atoms with Crippen LogP contribution in [-0.2, 0) is 9.05 Å². The largest absolute Gasteiger partial charge is 0.338 e. The summed E-state index contributed by atoms with van der Waals surface area (Å²) in [6, 6.07) is 1.36. The van der Waals surface area contributed by atoms with Gasteiger partial charge in [-0.3, -0.25) is 4.79 Å². The fourth-order valence-corrected chi connectivity index (χ4v) is 4.12. The smallest absolute Gasteiger partial charge is 0.263 e. The molecule has 100 valence electrons. The Bertz CT molecular complexity index is 530. The van der Waals surface area contributed by atoms with E-state index in [1.165, 1.54) is 11.4 Å². The zero-order valence-corrected chi connectivity index (χ0v) is 12.2. The van der Waals surface area contributed by atoms with E-state index in [0.717, 1.165) is 50.1 Å². The van der Waals surface area contributed by atoms with E-state index in [4.69, 9.17) is 10.7 Å². The lowest BCUT2D eigenvalue weighted by Crippen LogP contribution is -2.31. The molecule has 1 aromatic rings. The third-order valence-electron chi connectivity index (χ3n) is 2.96. The predicted octanol–water partition coefficient (Wildman–Crippen LogP) is 2.69. The van der Waals surface area contributed by atoms with Gasteiger partial charge in [0.1, 0.15) is 0 Å². The van der Waals surface area contributed by atoms with Gasteiger partial charge in [0.05, 0.1) is 9.77 Å². The summed E-state index contributed by atoms with van der Waals surface area (Å²) in [5, 5.41) is 1.41. The summed E-state index contributed by atoms with van der Waals surface area (Å²) in [7, 11) is 1.50. The molecule has 0 saturated carbocycles. The van der Waals surface area contributed by atoms with Crippen LogP contribution >= 0.6 is 22.0 Å². The standard InChI is InChI=1S/C11H14ClNO3S2/c12-18(15,16)9-7-10(17-8-9)11(14)13-5-3-1-2-4-6-13/h7-8H,1-6H2. The highest BCUT2D eigenvalue weighted by atomic mass is 35.7. The second-order valence-electron chi connectivity index (χ2n) is 4.29. The molecule has 1 aliphatic heterocycles. The number of hydrogen-bond acceptors (Lipinski definition) is 4. The van der Waals surface area contributed by atoms with Gasteiger partial charge in [-0.05, 0) is 18.9 Å². The van der Waals surface area contributed by atoms with Crippen molar-refractivity contribution in [3.63, 3.8) is 0 Å². The van der Waals surface area contributed by atoms with Crippen LogP contribution in [0.3, 0.4) is 0 Å². The quantitative estimate of drug-likeness (QED) is 0.789. The Morgan fingerprint density at radius 3 is 2.33 bits per heavy atom. The molecule has 4 nitrogen and oxygen atoms in total. The number of thiophene rings is 1. The predicted molar refractivity (Wildman–Crippen MR) is 71.7 cm³/mol. The van der Waals surface area contributed by atoms with E-state index in [2.05, 4.69) is 0 Å². The monoisotopic (exact) mass is 307 g/mol. The third kappa shape index (κ3) is 3.24. The summed E-state index contributed by atoms with van der Waals surface area (Å²) in [5.74, 6) is -0.0894. The molecule has 0 unspecified atom stereocenters. The Labute approximate surface area is 115 Å². The number of hydrogen-bond donors (Lipinski definition) is 0. The van der Waals surface area contributed by atoms with Crippen LogP contribution in [0.5, 0.6) is 0 Å². The molecule has 1 aromatic heterocycles. The molecule has 7 heteroatoms. The van der Waals surface area contributed by atoms with Crippen LogP contribution in [0, 0.1) is 0 Å². The molecule has 1 aliphatic rings. The summed E-state index contributed by atoms with van der Waals surface area (Å²) in [5.41, 5.74) is 0. The maximum atomic E-state index is 12.2. The van der Waals surface area contributed by atoms with Crippen LogP contribution in [0.15, 0.2) is 16.3 Å². The third-order valence-corrected chi connectivity index (χ3v) is 5.36. The van der Waals surface area contributed by atoms with Crippen molar-refractivity contribution in [2.45, 2.75) is 30.6 Å². The van der Waals surface area contributed by atoms with Gasteiger partial charge in [-0.2, -0.15) is 0 Å². The van der Waals surface area contributed by atoms with Crippen LogP contribution in [0.4, 0.5) is 0 Å². The number of likely N-dealkylation sites (tertiary alicyclic amines) is 1. The normalized spacial score (nSPS) is 17.5. The van der Waals surface area contributed by atoms with E-state index < -0.39 is 9.05 Å². The van der Waals surface area contributed by atoms with Crippen LogP contribution in [0.25, 0.3) is 0 Å². The van der Waals surface area contributed by atoms with Crippen molar-refractivity contribution >= 4 is 37.0 Å². The van der Waals surface area contributed by atoms with Gasteiger partial charge in [-0.15, -0.1) is 11.3 Å². The van der Waals surface area contributed by atoms with Crippen LogP contribution in [-0.4, -0.2) is 32.3 Å². The maximum Gasteiger partial charge on any atom is 0.263 e. The fraction of sp³-hybridized carbons (Fsp3) is 0.545. The zero-order valence-electron chi connectivity index (χ0n) is 9.76. The Balaban J connectivity index is 2.15. The molecule has 2 heterocycles. The van der Waals surface area contributed by atoms with E-state index in [1.807, 2.05) is 0 Å². The van der Waals surface area contributed by atoms with Gasteiger partial charge in [0, 0.05) is 29.2 Å². The van der Waals surface area contributed by atoms with Crippen LogP contribution in [0.1, 0.15) is 35.4 Å². The minimum absolute atomic E-state index is 0.00680. The average molecular weight is 308 g/mol. The van der Waals surface area contributed by atoms with E-state index in [9.17, 15) is 13.2 Å². The van der Waals surface area contributed by atoms with E-state index >= 15 is 0 Å². The maximum absolute atomic E-state index is 12.2. The Morgan fingerprint density at radius 1 is 1.22 bits per heavy atom. The van der Waals surface area contributed by atoms with Gasteiger partial charge in [0.2, 0.25) is 0 Å². The second-order valence-corrected chi connectivity index (χ2v) is 7.77. The molecule has 0 radical (unpaired) electrons. The van der Waals surface area contributed by atoms with Gasteiger partial charge in [0.15, 0.2) is 0 Å². The lowest BCUT2D eigenvalue weighted by Gasteiger charge is -2.19. The number of carbonyl (C=O) groups excluding carboxylic acids is 1. The molecule has 18 heavy (non-hydrogen) atoms. The van der Waals surface area contributed by atoms with Gasteiger partial charge in [-0.25, -0.2) is 8.42 Å². The summed E-state index contributed by atoms with van der Waals surface area (Å²) in [4.78, 5) is 14.4. The summed E-state index contributed by atoms with van der Waals surface area (Å²) in [6.07, 6.45) is 4.32. The van der Waals surface area contributed by atoms with E-state index in [0.29, 0.717) is 4.88 Å². The Kier molecular flexibility index (Phi) is 4.29. The van der Waals surface area contributed by atoms with E-state index in [-0.39, 0.29) is 10.8 Å². The first-order chi connectivity index (χ1) is 8.48. The van der Waals surface area contributed by atoms with Gasteiger partial charge in [0.25, 0.3) is 15.0 Å². The van der Waals surface area contributed by atoms with Gasteiger partial charge < -0.3 is 4.90 Å². The van der Waals surface area contributed by atoms with Gasteiger partial charge in [-0.1, -0.05) is 12.8 Å². The summed E-state index contributed by atoms with van der Waals surface area (Å²) >= 11 is 1.13. The van der Waals surface area contributed by atoms with Crippen molar-refractivity contribution in [3.8, 4) is 0 Å². The molecule has 0 atom stereocenters. The lowest BCUT2D eigenvalue weighted by atomic mass is 10.2. The second kappa shape index (κ2) is 5.59. The fourth-order valence-electron chi connectivity index (χ4n) is 1.99. The first kappa shape index (κ1) is 13.8. The van der Waals surface area contributed by atoms with Crippen LogP contribution in [0.2, 0.25) is 0 Å². The molecule has 0 spiro atoms. The number of rotatable bonds is 2. The van der Waals surface area contributed by atoms with Crippen LogP contribution < -0.4 is 0 Å². The summed E-state index contributed by atoms with van der Waals surface area (Å²) in [6.45, 7) is 1.50. The van der Waals surface area contributed by atoms with Crippen molar-refractivity contribution in [1.82, 2.24) is 4.90 Å². The minimum Gasteiger partial charge on any atom is -0.338 e. The Morgan fingerprint density at radius 2 is 1.83 bits per heavy atom. The number of halogens is 1. The molecule has 0 N–H and O–H groups in total. The topological polar surface area (TPSA) is 54.5 Å². The number of amides is 1. The van der Waals surface area contributed by atoms with E-state index in [1.54, 1.807) is 4.90 Å². The minimum atomic E-state index is -3.74. The highest BCUT2D eigenvalue weighted by molar-refractivity contribution is 8.13. The molecule has 0 aliphatic carbocycles. The molecule has 1 amide bonds. The van der Waals surface area contributed by atoms with Crippen molar-refractivity contribution < 1.29 is 13.2 Å².